The number of carbonyl (C=O) groups excluding carboxylic acids is 1. The zero-order valence-electron chi connectivity index (χ0n) is 24.2. The quantitative estimate of drug-likeness (QED) is 0.211. The van der Waals surface area contributed by atoms with Gasteiger partial charge in [-0.2, -0.15) is 0 Å². The maximum atomic E-state index is 12.1. The number of nitrogens with zero attached hydrogens (tertiary/aromatic N) is 1. The highest BCUT2D eigenvalue weighted by Crippen LogP contribution is 2.23. The second-order valence-corrected chi connectivity index (χ2v) is 10.2. The lowest BCUT2D eigenvalue weighted by Gasteiger charge is -2.26. The Morgan fingerprint density at radius 2 is 1.05 bits per heavy atom. The second-order valence-electron chi connectivity index (χ2n) is 10.2. The van der Waals surface area contributed by atoms with Crippen molar-refractivity contribution in [1.29, 1.82) is 0 Å². The van der Waals surface area contributed by atoms with Crippen molar-refractivity contribution in [1.82, 2.24) is 10.2 Å². The molecule has 4 aromatic carbocycles. The Labute approximate surface area is 249 Å². The number of amides is 2. The van der Waals surface area contributed by atoms with Crippen LogP contribution in [0.15, 0.2) is 109 Å². The number of hydrogen-bond acceptors (Lipinski definition) is 5. The molecule has 2 fully saturated rings. The molecule has 220 valence electrons. The summed E-state index contributed by atoms with van der Waals surface area (Å²) in [6.07, 6.45) is 7.62. The number of nitrogens with two attached hydrogens (primary N) is 1. The number of ether oxygens (including phenoxy) is 2. The Morgan fingerprint density at radius 1 is 0.595 bits per heavy atom. The highest BCUT2D eigenvalue weighted by molar-refractivity contribution is 5.89. The molecule has 0 aliphatic carbocycles. The fraction of sp³-hybridized carbons (Fsp3) is 0.286. The number of benzene rings is 4. The van der Waals surface area contributed by atoms with Gasteiger partial charge >= 0.3 is 6.03 Å². The van der Waals surface area contributed by atoms with Crippen LogP contribution in [0.1, 0.15) is 38.5 Å². The zero-order chi connectivity index (χ0) is 29.2. The lowest BCUT2D eigenvalue weighted by Crippen LogP contribution is -2.38. The van der Waals surface area contributed by atoms with E-state index in [0.29, 0.717) is 0 Å². The lowest BCUT2D eigenvalue weighted by molar-refractivity contribution is 0.200. The summed E-state index contributed by atoms with van der Waals surface area (Å²) in [6, 6.07) is 34.0. The van der Waals surface area contributed by atoms with Crippen LogP contribution < -0.4 is 25.8 Å². The number of piperidine rings is 2. The summed E-state index contributed by atoms with van der Waals surface area (Å²) < 4.78 is 11.3. The molecule has 4 aromatic rings. The summed E-state index contributed by atoms with van der Waals surface area (Å²) in [5.74, 6) is 3.18. The second kappa shape index (κ2) is 17.4. The molecule has 6 rings (SSSR count). The minimum Gasteiger partial charge on any atom is -0.457 e. The third-order valence-corrected chi connectivity index (χ3v) is 6.79. The van der Waals surface area contributed by atoms with E-state index in [1.807, 2.05) is 114 Å². The fourth-order valence-corrected chi connectivity index (χ4v) is 4.49. The van der Waals surface area contributed by atoms with Crippen LogP contribution in [0.5, 0.6) is 23.0 Å². The summed E-state index contributed by atoms with van der Waals surface area (Å²) in [5.41, 5.74) is 7.09. The molecule has 42 heavy (non-hydrogen) atoms. The molecule has 4 N–H and O–H groups in total. The molecule has 0 radical (unpaired) electrons. The predicted molar refractivity (Wildman–Crippen MR) is 171 cm³/mol. The smallest absolute Gasteiger partial charge is 0.321 e. The number of nitrogen functional groups attached to an aromatic ring is 1. The van der Waals surface area contributed by atoms with Crippen LogP contribution in [0.2, 0.25) is 0 Å². The van der Waals surface area contributed by atoms with Crippen LogP contribution in [0.3, 0.4) is 0 Å². The van der Waals surface area contributed by atoms with Gasteiger partial charge in [-0.15, -0.1) is 0 Å². The summed E-state index contributed by atoms with van der Waals surface area (Å²) in [4.78, 5) is 14.0. The number of urea groups is 1. The molecule has 0 aromatic heterocycles. The Hall–Kier alpha value is -4.49. The summed E-state index contributed by atoms with van der Waals surface area (Å²) in [7, 11) is 0. The van der Waals surface area contributed by atoms with E-state index in [2.05, 4.69) is 10.6 Å². The van der Waals surface area contributed by atoms with E-state index in [9.17, 15) is 4.79 Å². The number of likely N-dealkylation sites (tertiary alicyclic amines) is 1. The highest BCUT2D eigenvalue weighted by Gasteiger charge is 2.16. The van der Waals surface area contributed by atoms with E-state index < -0.39 is 0 Å². The third-order valence-electron chi connectivity index (χ3n) is 6.79. The molecule has 2 aliphatic heterocycles. The van der Waals surface area contributed by atoms with Crippen molar-refractivity contribution in [3.8, 4) is 23.0 Å². The van der Waals surface area contributed by atoms with E-state index in [4.69, 9.17) is 15.2 Å². The molecule has 0 unspecified atom stereocenters. The molecular formula is C35H42N4O3. The van der Waals surface area contributed by atoms with Gasteiger partial charge in [-0.3, -0.25) is 0 Å². The Bertz CT molecular complexity index is 1280. The molecule has 0 atom stereocenters. The van der Waals surface area contributed by atoms with Crippen LogP contribution >= 0.6 is 0 Å². The number of anilines is 2. The van der Waals surface area contributed by atoms with Gasteiger partial charge in [0.05, 0.1) is 0 Å². The predicted octanol–water partition coefficient (Wildman–Crippen LogP) is 8.32. The van der Waals surface area contributed by atoms with E-state index in [1.165, 1.54) is 38.8 Å². The lowest BCUT2D eigenvalue weighted by atomic mass is 10.1. The first-order valence-corrected chi connectivity index (χ1v) is 14.8. The summed E-state index contributed by atoms with van der Waals surface area (Å²) in [6.45, 7) is 4.20. The van der Waals surface area contributed by atoms with Crippen molar-refractivity contribution in [2.24, 2.45) is 0 Å². The number of nitrogens with one attached hydrogen (secondary N) is 2. The van der Waals surface area contributed by atoms with Crippen LogP contribution in [-0.4, -0.2) is 37.1 Å². The first-order valence-electron chi connectivity index (χ1n) is 14.8. The minimum atomic E-state index is -0.0172. The van der Waals surface area contributed by atoms with Crippen LogP contribution in [-0.2, 0) is 0 Å². The number of carbonyl (C=O) groups is 1. The molecule has 7 heteroatoms. The van der Waals surface area contributed by atoms with Gasteiger partial charge in [-0.05, 0) is 118 Å². The van der Waals surface area contributed by atoms with E-state index in [-0.39, 0.29) is 6.03 Å². The van der Waals surface area contributed by atoms with Gasteiger partial charge in [0.1, 0.15) is 23.0 Å². The monoisotopic (exact) mass is 566 g/mol. The molecular weight excluding hydrogens is 524 g/mol. The first kappa shape index (κ1) is 30.5. The third kappa shape index (κ3) is 11.2. The Balaban J connectivity index is 0.000000171. The first-order chi connectivity index (χ1) is 20.7. The van der Waals surface area contributed by atoms with Crippen molar-refractivity contribution in [2.45, 2.75) is 38.5 Å². The van der Waals surface area contributed by atoms with Gasteiger partial charge < -0.3 is 30.7 Å². The molecule has 2 heterocycles. The van der Waals surface area contributed by atoms with Crippen LogP contribution in [0, 0.1) is 0 Å². The Morgan fingerprint density at radius 3 is 1.50 bits per heavy atom. The minimum absolute atomic E-state index is 0.0172. The van der Waals surface area contributed by atoms with Crippen LogP contribution in [0.25, 0.3) is 0 Å². The zero-order valence-corrected chi connectivity index (χ0v) is 24.2. The van der Waals surface area contributed by atoms with Gasteiger partial charge in [0, 0.05) is 24.5 Å². The fourth-order valence-electron chi connectivity index (χ4n) is 4.49. The van der Waals surface area contributed by atoms with Crippen molar-refractivity contribution < 1.29 is 14.3 Å². The van der Waals surface area contributed by atoms with Gasteiger partial charge in [0.2, 0.25) is 0 Å². The normalized spacial score (nSPS) is 14.2. The SMILES string of the molecule is C1CCNCC1.Nc1ccc(Oc2ccccc2)cc1.O=C(Nc1ccc(Oc2ccccc2)cc1)N1CCCCC1. The number of para-hydroxylation sites is 2. The van der Waals surface area contributed by atoms with Crippen LogP contribution in [0.4, 0.5) is 16.2 Å². The van der Waals surface area contributed by atoms with Crippen molar-refractivity contribution in [3.05, 3.63) is 109 Å². The maximum Gasteiger partial charge on any atom is 0.321 e. The van der Waals surface area contributed by atoms with E-state index in [1.54, 1.807) is 0 Å². The molecule has 2 aliphatic rings. The average Bonchev–Trinajstić information content (AvgIpc) is 3.06. The summed E-state index contributed by atoms with van der Waals surface area (Å²) in [5, 5.41) is 6.22. The van der Waals surface area contributed by atoms with Gasteiger partial charge in [-0.1, -0.05) is 42.8 Å². The van der Waals surface area contributed by atoms with E-state index in [0.717, 1.165) is 60.3 Å². The van der Waals surface area contributed by atoms with Gasteiger partial charge in [0.25, 0.3) is 0 Å². The van der Waals surface area contributed by atoms with Gasteiger partial charge in [0.15, 0.2) is 0 Å². The van der Waals surface area contributed by atoms with Gasteiger partial charge in [-0.25, -0.2) is 4.79 Å². The maximum absolute atomic E-state index is 12.1. The topological polar surface area (TPSA) is 88.8 Å². The average molecular weight is 567 g/mol. The number of hydrogen-bond donors (Lipinski definition) is 3. The standard InChI is InChI=1S/C18H20N2O2.C12H11NO.C5H11N/c21-18(20-13-5-2-6-14-20)19-15-9-11-17(12-10-15)22-16-7-3-1-4-8-16;13-10-6-8-12(9-7-10)14-11-4-2-1-3-5-11;1-2-4-6-5-3-1/h1,3-4,7-12H,2,5-6,13-14H2,(H,19,21);1-9H,13H2;6H,1-5H2. The number of rotatable bonds is 5. The van der Waals surface area contributed by atoms with Crippen molar-refractivity contribution in [2.75, 3.05) is 37.2 Å². The summed E-state index contributed by atoms with van der Waals surface area (Å²) >= 11 is 0. The van der Waals surface area contributed by atoms with Crippen molar-refractivity contribution in [3.63, 3.8) is 0 Å². The molecule has 7 nitrogen and oxygen atoms in total. The largest absolute Gasteiger partial charge is 0.457 e. The molecule has 2 amide bonds. The van der Waals surface area contributed by atoms with E-state index >= 15 is 0 Å². The highest BCUT2D eigenvalue weighted by atomic mass is 16.5. The molecule has 0 spiro atoms. The molecule has 2 saturated heterocycles. The Kier molecular flexibility index (Phi) is 12.6. The van der Waals surface area contributed by atoms with Crippen molar-refractivity contribution >= 4 is 17.4 Å². The molecule has 0 saturated carbocycles. The molecule has 0 bridgehead atoms.